The van der Waals surface area contributed by atoms with Crippen LogP contribution in [0, 0.1) is 11.7 Å². The first-order valence-electron chi connectivity index (χ1n) is 8.80. The quantitative estimate of drug-likeness (QED) is 0.822. The predicted molar refractivity (Wildman–Crippen MR) is 103 cm³/mol. The number of hydrogen-bond donors (Lipinski definition) is 2. The summed E-state index contributed by atoms with van der Waals surface area (Å²) in [5, 5.41) is 3.30. The number of nitrogens with zero attached hydrogens (tertiary/aromatic N) is 1. The van der Waals surface area contributed by atoms with Crippen LogP contribution in [-0.2, 0) is 11.3 Å². The van der Waals surface area contributed by atoms with Crippen LogP contribution in [0.4, 0.5) is 10.1 Å². The summed E-state index contributed by atoms with van der Waals surface area (Å²) in [6.45, 7) is 1.83. The van der Waals surface area contributed by atoms with Crippen LogP contribution in [0.5, 0.6) is 0 Å². The minimum absolute atomic E-state index is 0.0506. The van der Waals surface area contributed by atoms with Crippen molar-refractivity contribution in [3.63, 3.8) is 0 Å². The lowest BCUT2D eigenvalue weighted by Crippen LogP contribution is -2.38. The molecule has 3 N–H and O–H groups in total. The molecule has 3 rings (SSSR count). The van der Waals surface area contributed by atoms with Gasteiger partial charge in [0.1, 0.15) is 5.82 Å². The van der Waals surface area contributed by atoms with Crippen LogP contribution in [0.1, 0.15) is 28.8 Å². The molecular weight excluding hydrogens is 369 g/mol. The first kappa shape index (κ1) is 19.3. The van der Waals surface area contributed by atoms with Gasteiger partial charge < -0.3 is 11.1 Å². The van der Waals surface area contributed by atoms with Crippen LogP contribution in [-0.4, -0.2) is 29.8 Å². The topological polar surface area (TPSA) is 75.4 Å². The molecular formula is C20H21ClFN3O2. The molecule has 0 unspecified atom stereocenters. The number of halogens is 2. The summed E-state index contributed by atoms with van der Waals surface area (Å²) in [4.78, 5) is 25.6. The monoisotopic (exact) mass is 389 g/mol. The maximum atomic E-state index is 13.9. The number of likely N-dealkylation sites (tertiary alicyclic amines) is 1. The van der Waals surface area contributed by atoms with Gasteiger partial charge in [0.25, 0.3) is 0 Å². The van der Waals surface area contributed by atoms with E-state index >= 15 is 0 Å². The molecule has 1 aliphatic rings. The maximum absolute atomic E-state index is 13.9. The third kappa shape index (κ3) is 4.84. The van der Waals surface area contributed by atoms with Crippen molar-refractivity contribution in [3.8, 4) is 0 Å². The normalized spacial score (nSPS) is 15.5. The summed E-state index contributed by atoms with van der Waals surface area (Å²) in [6, 6.07) is 11.2. The van der Waals surface area contributed by atoms with Crippen LogP contribution in [0.2, 0.25) is 5.02 Å². The third-order valence-corrected chi connectivity index (χ3v) is 5.19. The van der Waals surface area contributed by atoms with Crippen LogP contribution in [0.3, 0.4) is 0 Å². The van der Waals surface area contributed by atoms with E-state index < -0.39 is 5.91 Å². The van der Waals surface area contributed by atoms with Crippen LogP contribution < -0.4 is 11.1 Å². The highest BCUT2D eigenvalue weighted by Gasteiger charge is 2.26. The standard InChI is InChI=1S/C20H21ClFN3O2/c21-17-2-1-3-18(22)16(17)12-25-10-8-14(9-11-25)20(27)24-15-6-4-13(5-7-15)19(23)26/h1-7,14H,8-12H2,(H2,23,26)(H,24,27). The Kier molecular flexibility index (Phi) is 6.08. The summed E-state index contributed by atoms with van der Waals surface area (Å²) in [5.41, 5.74) is 6.73. The molecule has 142 valence electrons. The maximum Gasteiger partial charge on any atom is 0.248 e. The number of primary amides is 1. The van der Waals surface area contributed by atoms with Gasteiger partial charge in [-0.05, 0) is 62.3 Å². The highest BCUT2D eigenvalue weighted by Crippen LogP contribution is 2.25. The molecule has 2 aromatic carbocycles. The Hall–Kier alpha value is -2.44. The molecule has 2 amide bonds. The minimum Gasteiger partial charge on any atom is -0.366 e. The third-order valence-electron chi connectivity index (χ3n) is 4.84. The fraction of sp³-hybridized carbons (Fsp3) is 0.300. The van der Waals surface area contributed by atoms with Crippen LogP contribution in [0.25, 0.3) is 0 Å². The van der Waals surface area contributed by atoms with Gasteiger partial charge in [0.05, 0.1) is 0 Å². The number of piperidine rings is 1. The second-order valence-corrected chi connectivity index (χ2v) is 7.09. The molecule has 0 aromatic heterocycles. The van der Waals surface area contributed by atoms with Crippen molar-refractivity contribution in [2.75, 3.05) is 18.4 Å². The number of amides is 2. The van der Waals surface area contributed by atoms with E-state index in [-0.39, 0.29) is 17.6 Å². The van der Waals surface area contributed by atoms with E-state index in [9.17, 15) is 14.0 Å². The summed E-state index contributed by atoms with van der Waals surface area (Å²) < 4.78 is 13.9. The minimum atomic E-state index is -0.504. The van der Waals surface area contributed by atoms with Gasteiger partial charge in [0, 0.05) is 34.3 Å². The number of nitrogens with two attached hydrogens (primary N) is 1. The lowest BCUT2D eigenvalue weighted by molar-refractivity contribution is -0.121. The van der Waals surface area contributed by atoms with E-state index in [0.29, 0.717) is 54.3 Å². The molecule has 0 radical (unpaired) electrons. The number of nitrogens with one attached hydrogen (secondary N) is 1. The van der Waals surface area contributed by atoms with Crippen molar-refractivity contribution in [1.82, 2.24) is 4.90 Å². The van der Waals surface area contributed by atoms with Gasteiger partial charge in [0.2, 0.25) is 11.8 Å². The molecule has 0 saturated carbocycles. The first-order valence-corrected chi connectivity index (χ1v) is 9.18. The van der Waals surface area contributed by atoms with Crippen molar-refractivity contribution < 1.29 is 14.0 Å². The lowest BCUT2D eigenvalue weighted by Gasteiger charge is -2.31. The Balaban J connectivity index is 1.52. The van der Waals surface area contributed by atoms with Gasteiger partial charge in [0.15, 0.2) is 0 Å². The molecule has 1 fully saturated rings. The summed E-state index contributed by atoms with van der Waals surface area (Å²) >= 11 is 6.09. The summed E-state index contributed by atoms with van der Waals surface area (Å²) in [5.74, 6) is -0.962. The van der Waals surface area contributed by atoms with Gasteiger partial charge in [-0.2, -0.15) is 0 Å². The van der Waals surface area contributed by atoms with Crippen molar-refractivity contribution >= 4 is 29.1 Å². The highest BCUT2D eigenvalue weighted by molar-refractivity contribution is 6.31. The number of rotatable bonds is 5. The Morgan fingerprint density at radius 2 is 1.81 bits per heavy atom. The molecule has 1 aliphatic heterocycles. The van der Waals surface area contributed by atoms with Gasteiger partial charge in [-0.1, -0.05) is 17.7 Å². The zero-order valence-corrected chi connectivity index (χ0v) is 15.5. The zero-order chi connectivity index (χ0) is 19.4. The molecule has 7 heteroatoms. The average Bonchev–Trinajstić information content (AvgIpc) is 2.66. The largest absolute Gasteiger partial charge is 0.366 e. The van der Waals surface area contributed by atoms with E-state index in [1.807, 2.05) is 0 Å². The fourth-order valence-corrected chi connectivity index (χ4v) is 3.45. The van der Waals surface area contributed by atoms with Crippen LogP contribution >= 0.6 is 11.6 Å². The van der Waals surface area contributed by atoms with Crippen molar-refractivity contribution in [3.05, 3.63) is 64.4 Å². The molecule has 0 spiro atoms. The fourth-order valence-electron chi connectivity index (χ4n) is 3.22. The number of hydrogen-bond acceptors (Lipinski definition) is 3. The summed E-state index contributed by atoms with van der Waals surface area (Å²) in [7, 11) is 0. The second-order valence-electron chi connectivity index (χ2n) is 6.68. The van der Waals surface area contributed by atoms with Crippen molar-refractivity contribution in [1.29, 1.82) is 0 Å². The van der Waals surface area contributed by atoms with E-state index in [4.69, 9.17) is 17.3 Å². The molecule has 0 atom stereocenters. The lowest BCUT2D eigenvalue weighted by atomic mass is 9.95. The second kappa shape index (κ2) is 8.50. The first-order chi connectivity index (χ1) is 12.9. The molecule has 27 heavy (non-hydrogen) atoms. The Morgan fingerprint density at radius 3 is 2.41 bits per heavy atom. The Bertz CT molecular complexity index is 813. The van der Waals surface area contributed by atoms with E-state index in [1.165, 1.54) is 6.07 Å². The van der Waals surface area contributed by atoms with Crippen molar-refractivity contribution in [2.24, 2.45) is 11.7 Å². The Morgan fingerprint density at radius 1 is 1.15 bits per heavy atom. The molecule has 0 bridgehead atoms. The molecule has 1 saturated heterocycles. The SMILES string of the molecule is NC(=O)c1ccc(NC(=O)C2CCN(Cc3c(F)cccc3Cl)CC2)cc1. The van der Waals surface area contributed by atoms with Gasteiger partial charge in [-0.25, -0.2) is 4.39 Å². The number of carbonyl (C=O) groups excluding carboxylic acids is 2. The van der Waals surface area contributed by atoms with E-state index in [2.05, 4.69) is 10.2 Å². The number of benzene rings is 2. The summed E-state index contributed by atoms with van der Waals surface area (Å²) in [6.07, 6.45) is 1.38. The van der Waals surface area contributed by atoms with E-state index in [0.717, 1.165) is 0 Å². The number of carbonyl (C=O) groups is 2. The van der Waals surface area contributed by atoms with Gasteiger partial charge >= 0.3 is 0 Å². The van der Waals surface area contributed by atoms with E-state index in [1.54, 1.807) is 36.4 Å². The molecule has 0 aliphatic carbocycles. The predicted octanol–water partition coefficient (Wildman–Crippen LogP) is 3.43. The highest BCUT2D eigenvalue weighted by atomic mass is 35.5. The average molecular weight is 390 g/mol. The zero-order valence-electron chi connectivity index (χ0n) is 14.8. The smallest absolute Gasteiger partial charge is 0.248 e. The Labute approximate surface area is 162 Å². The molecule has 2 aromatic rings. The van der Waals surface area contributed by atoms with Gasteiger partial charge in [-0.15, -0.1) is 0 Å². The van der Waals surface area contributed by atoms with Crippen LogP contribution in [0.15, 0.2) is 42.5 Å². The van der Waals surface area contributed by atoms with Crippen molar-refractivity contribution in [2.45, 2.75) is 19.4 Å². The molecule has 1 heterocycles. The number of anilines is 1. The molecule has 5 nitrogen and oxygen atoms in total. The van der Waals surface area contributed by atoms with Gasteiger partial charge in [-0.3, -0.25) is 14.5 Å².